The highest BCUT2D eigenvalue weighted by molar-refractivity contribution is 5.99. The van der Waals surface area contributed by atoms with Crippen molar-refractivity contribution in [1.29, 1.82) is 0 Å². The number of rotatable bonds is 5. The number of anilines is 2. The van der Waals surface area contributed by atoms with E-state index in [4.69, 9.17) is 9.47 Å². The van der Waals surface area contributed by atoms with Gasteiger partial charge >= 0.3 is 0 Å². The van der Waals surface area contributed by atoms with Crippen LogP contribution in [0.25, 0.3) is 0 Å². The minimum atomic E-state index is -0.109. The van der Waals surface area contributed by atoms with E-state index in [-0.39, 0.29) is 17.7 Å². The van der Waals surface area contributed by atoms with Gasteiger partial charge in [-0.15, -0.1) is 0 Å². The Hall–Kier alpha value is -2.86. The molecule has 1 N–H and O–H groups in total. The topological polar surface area (TPSA) is 67.9 Å². The molecular weight excluding hydrogens is 368 g/mol. The number of benzene rings is 2. The number of carbonyl (C=O) groups is 2. The number of nitrogens with zero attached hydrogens (tertiary/aromatic N) is 1. The molecule has 0 aromatic heterocycles. The summed E-state index contributed by atoms with van der Waals surface area (Å²) >= 11 is 0. The van der Waals surface area contributed by atoms with Crippen LogP contribution in [0.15, 0.2) is 42.5 Å². The molecule has 2 aliphatic rings. The van der Waals surface area contributed by atoms with Crippen LogP contribution in [0.1, 0.15) is 24.0 Å². The number of hydrogen-bond acceptors (Lipinski definition) is 4. The summed E-state index contributed by atoms with van der Waals surface area (Å²) in [5.41, 5.74) is 3.66. The molecule has 0 spiro atoms. The van der Waals surface area contributed by atoms with Crippen molar-refractivity contribution in [3.63, 3.8) is 0 Å². The summed E-state index contributed by atoms with van der Waals surface area (Å²) in [7, 11) is 1.62. The van der Waals surface area contributed by atoms with Crippen molar-refractivity contribution in [3.8, 4) is 5.75 Å². The average molecular weight is 394 g/mol. The zero-order chi connectivity index (χ0) is 20.2. The molecule has 2 heterocycles. The highest BCUT2D eigenvalue weighted by atomic mass is 16.5. The third-order valence-corrected chi connectivity index (χ3v) is 5.57. The smallest absolute Gasteiger partial charge is 0.231 e. The largest absolute Gasteiger partial charge is 0.497 e. The van der Waals surface area contributed by atoms with E-state index in [0.717, 1.165) is 54.1 Å². The van der Waals surface area contributed by atoms with E-state index in [2.05, 4.69) is 5.32 Å². The Balaban J connectivity index is 1.46. The highest BCUT2D eigenvalue weighted by Crippen LogP contribution is 2.32. The second-order valence-corrected chi connectivity index (χ2v) is 7.57. The molecule has 0 bridgehead atoms. The molecule has 2 amide bonds. The first-order chi connectivity index (χ1) is 14.1. The molecule has 0 unspecified atom stereocenters. The lowest BCUT2D eigenvalue weighted by atomic mass is 10.0. The van der Waals surface area contributed by atoms with Gasteiger partial charge in [-0.1, -0.05) is 18.2 Å². The van der Waals surface area contributed by atoms with Gasteiger partial charge in [-0.2, -0.15) is 0 Å². The van der Waals surface area contributed by atoms with E-state index >= 15 is 0 Å². The van der Waals surface area contributed by atoms with Crippen LogP contribution < -0.4 is 15.0 Å². The molecule has 1 fully saturated rings. The van der Waals surface area contributed by atoms with E-state index in [1.54, 1.807) is 7.11 Å². The number of carbonyl (C=O) groups excluding carboxylic acids is 2. The predicted molar refractivity (Wildman–Crippen MR) is 111 cm³/mol. The zero-order valence-electron chi connectivity index (χ0n) is 16.6. The lowest BCUT2D eigenvalue weighted by molar-refractivity contribution is -0.123. The van der Waals surface area contributed by atoms with E-state index in [0.29, 0.717) is 19.6 Å². The van der Waals surface area contributed by atoms with Crippen molar-refractivity contribution in [2.75, 3.05) is 37.1 Å². The quantitative estimate of drug-likeness (QED) is 0.846. The summed E-state index contributed by atoms with van der Waals surface area (Å²) in [5.74, 6) is 0.662. The van der Waals surface area contributed by atoms with Crippen LogP contribution in [0.3, 0.4) is 0 Å². The Kier molecular flexibility index (Phi) is 5.81. The van der Waals surface area contributed by atoms with Gasteiger partial charge in [0, 0.05) is 24.5 Å². The number of nitrogens with one attached hydrogen (secondary N) is 1. The van der Waals surface area contributed by atoms with Gasteiger partial charge in [0.1, 0.15) is 5.75 Å². The number of hydrogen-bond donors (Lipinski definition) is 1. The fourth-order valence-corrected chi connectivity index (χ4v) is 3.96. The van der Waals surface area contributed by atoms with Crippen LogP contribution in [-0.2, 0) is 27.2 Å². The van der Waals surface area contributed by atoms with Gasteiger partial charge in [-0.05, 0) is 54.7 Å². The number of amides is 2. The van der Waals surface area contributed by atoms with E-state index in [1.807, 2.05) is 47.4 Å². The molecule has 2 aromatic rings. The fraction of sp³-hybridized carbons (Fsp3) is 0.391. The van der Waals surface area contributed by atoms with Crippen molar-refractivity contribution in [3.05, 3.63) is 53.6 Å². The predicted octanol–water partition coefficient (Wildman–Crippen LogP) is 3.19. The Morgan fingerprint density at radius 2 is 2.14 bits per heavy atom. The molecule has 1 atom stereocenters. The van der Waals surface area contributed by atoms with Crippen LogP contribution in [0, 0.1) is 5.92 Å². The molecule has 2 aliphatic heterocycles. The standard InChI is InChI=1S/C23H26N2O4/c1-28-20-6-2-4-16(12-20)13-22(26)25-10-9-17-7-8-19(14-21(17)25)24-23(27)18-5-3-11-29-15-18/h2,4,6-8,12,14,18H,3,5,9-11,13,15H2,1H3,(H,24,27)/t18-/m1/s1. The first-order valence-corrected chi connectivity index (χ1v) is 10.1. The fourth-order valence-electron chi connectivity index (χ4n) is 3.96. The number of fused-ring (bicyclic) bond motifs is 1. The molecule has 0 saturated carbocycles. The Morgan fingerprint density at radius 1 is 1.24 bits per heavy atom. The summed E-state index contributed by atoms with van der Waals surface area (Å²) in [6.07, 6.45) is 2.90. The van der Waals surface area contributed by atoms with E-state index < -0.39 is 0 Å². The monoisotopic (exact) mass is 394 g/mol. The van der Waals surface area contributed by atoms with Crippen molar-refractivity contribution in [2.45, 2.75) is 25.7 Å². The van der Waals surface area contributed by atoms with Crippen LogP contribution in [0.2, 0.25) is 0 Å². The van der Waals surface area contributed by atoms with Crippen LogP contribution in [0.5, 0.6) is 5.75 Å². The molecule has 2 aromatic carbocycles. The SMILES string of the molecule is COc1cccc(CC(=O)N2CCc3ccc(NC(=O)[C@@H]4CCCOC4)cc32)c1. The molecule has 4 rings (SSSR count). The molecule has 6 heteroatoms. The third kappa shape index (κ3) is 4.43. The Morgan fingerprint density at radius 3 is 2.93 bits per heavy atom. The van der Waals surface area contributed by atoms with Crippen LogP contribution >= 0.6 is 0 Å². The first-order valence-electron chi connectivity index (χ1n) is 10.1. The molecule has 29 heavy (non-hydrogen) atoms. The summed E-state index contributed by atoms with van der Waals surface area (Å²) in [6.45, 7) is 1.86. The van der Waals surface area contributed by atoms with E-state index in [9.17, 15) is 9.59 Å². The minimum Gasteiger partial charge on any atom is -0.497 e. The van der Waals surface area contributed by atoms with Crippen LogP contribution in [-0.4, -0.2) is 38.7 Å². The van der Waals surface area contributed by atoms with Crippen molar-refractivity contribution >= 4 is 23.2 Å². The lowest BCUT2D eigenvalue weighted by Gasteiger charge is -2.22. The third-order valence-electron chi connectivity index (χ3n) is 5.57. The maximum absolute atomic E-state index is 12.9. The Labute approximate surface area is 170 Å². The van der Waals surface area contributed by atoms with Gasteiger partial charge in [-0.25, -0.2) is 0 Å². The molecular formula is C23H26N2O4. The first kappa shape index (κ1) is 19.5. The lowest BCUT2D eigenvalue weighted by Crippen LogP contribution is -2.31. The zero-order valence-corrected chi connectivity index (χ0v) is 16.6. The summed E-state index contributed by atoms with van der Waals surface area (Å²) < 4.78 is 10.7. The van der Waals surface area contributed by atoms with Gasteiger partial charge in [0.2, 0.25) is 11.8 Å². The van der Waals surface area contributed by atoms with Gasteiger partial charge in [0.15, 0.2) is 0 Å². The van der Waals surface area contributed by atoms with E-state index in [1.165, 1.54) is 0 Å². The van der Waals surface area contributed by atoms with Gasteiger partial charge in [-0.3, -0.25) is 9.59 Å². The molecule has 1 saturated heterocycles. The van der Waals surface area contributed by atoms with Crippen molar-refractivity contribution < 1.29 is 19.1 Å². The molecule has 0 radical (unpaired) electrons. The summed E-state index contributed by atoms with van der Waals surface area (Å²) in [5, 5.41) is 2.99. The summed E-state index contributed by atoms with van der Waals surface area (Å²) in [6, 6.07) is 13.4. The second kappa shape index (κ2) is 8.66. The van der Waals surface area contributed by atoms with Gasteiger partial charge in [0.25, 0.3) is 0 Å². The average Bonchev–Trinajstić information content (AvgIpc) is 3.18. The normalized spacial score (nSPS) is 18.2. The maximum Gasteiger partial charge on any atom is 0.231 e. The molecule has 6 nitrogen and oxygen atoms in total. The number of ether oxygens (including phenoxy) is 2. The summed E-state index contributed by atoms with van der Waals surface area (Å²) in [4.78, 5) is 27.3. The van der Waals surface area contributed by atoms with Crippen molar-refractivity contribution in [1.82, 2.24) is 0 Å². The minimum absolute atomic E-state index is 0.0168. The maximum atomic E-state index is 12.9. The van der Waals surface area contributed by atoms with Crippen molar-refractivity contribution in [2.24, 2.45) is 5.92 Å². The van der Waals surface area contributed by atoms with Crippen LogP contribution in [0.4, 0.5) is 11.4 Å². The van der Waals surface area contributed by atoms with Gasteiger partial charge in [0.05, 0.1) is 26.1 Å². The highest BCUT2D eigenvalue weighted by Gasteiger charge is 2.26. The molecule has 0 aliphatic carbocycles. The van der Waals surface area contributed by atoms with Gasteiger partial charge < -0.3 is 19.7 Å². The number of methoxy groups -OCH3 is 1. The Bertz CT molecular complexity index is 906. The second-order valence-electron chi connectivity index (χ2n) is 7.57. The molecule has 152 valence electrons.